The van der Waals surface area contributed by atoms with Gasteiger partial charge in [0, 0.05) is 0 Å². The molecule has 75 valence electrons. The van der Waals surface area contributed by atoms with Gasteiger partial charge in [0.05, 0.1) is 0 Å². The standard InChI is InChI=1S/C9H6Cl.3ClH.Zr/c10-9-5-7-3-1-2-4-8(7)6-9;;;;/h1-6H;3*1H;/q-1;;;;+3/p-3. The van der Waals surface area contributed by atoms with Gasteiger partial charge >= 0.3 is 43.7 Å². The number of fused-ring (bicyclic) bond motifs is 1. The second-order valence-electron chi connectivity index (χ2n) is 2.52. The second kappa shape index (κ2) is 6.45. The van der Waals surface area contributed by atoms with Crippen LogP contribution in [0.3, 0.4) is 0 Å². The van der Waals surface area contributed by atoms with Crippen molar-refractivity contribution in [3.05, 3.63) is 41.4 Å². The number of rotatable bonds is 0. The van der Waals surface area contributed by atoms with Crippen LogP contribution < -0.4 is 0 Å². The van der Waals surface area contributed by atoms with Crippen LogP contribution in [0.15, 0.2) is 36.4 Å². The zero-order chi connectivity index (χ0) is 10.6. The van der Waals surface area contributed by atoms with E-state index in [1.165, 1.54) is 10.8 Å². The summed E-state index contributed by atoms with van der Waals surface area (Å²) in [6.45, 7) is 0. The molecule has 0 saturated carbocycles. The minimum atomic E-state index is -2.13. The summed E-state index contributed by atoms with van der Waals surface area (Å²) in [5, 5.41) is 3.25. The molecule has 2 aromatic rings. The first-order chi connectivity index (χ1) is 6.59. The molecule has 2 rings (SSSR count). The van der Waals surface area contributed by atoms with E-state index in [2.05, 4.69) is 12.1 Å². The van der Waals surface area contributed by atoms with Gasteiger partial charge in [-0.15, -0.1) is 52.7 Å². The maximum atomic E-state index is 5.78. The van der Waals surface area contributed by atoms with Crippen molar-refractivity contribution in [3.63, 3.8) is 0 Å². The van der Waals surface area contributed by atoms with Crippen LogP contribution in [-0.4, -0.2) is 0 Å². The van der Waals surface area contributed by atoms with Gasteiger partial charge in [0.1, 0.15) is 0 Å². The van der Waals surface area contributed by atoms with Gasteiger partial charge in [0.2, 0.25) is 0 Å². The molecule has 0 saturated heterocycles. The summed E-state index contributed by atoms with van der Waals surface area (Å²) in [5.74, 6) is 0. The topological polar surface area (TPSA) is 0 Å². The van der Waals surface area contributed by atoms with Crippen molar-refractivity contribution >= 4 is 47.9 Å². The third-order valence-electron chi connectivity index (χ3n) is 1.58. The average molecular weight is 347 g/mol. The molecule has 0 nitrogen and oxygen atoms in total. The summed E-state index contributed by atoms with van der Waals surface area (Å²) in [6.07, 6.45) is 0. The number of hydrogen-bond acceptors (Lipinski definition) is 0. The van der Waals surface area contributed by atoms with Gasteiger partial charge in [-0.25, -0.2) is 0 Å². The Bertz CT molecular complexity index is 361. The van der Waals surface area contributed by atoms with Crippen molar-refractivity contribution in [2.75, 3.05) is 0 Å². The zero-order valence-corrected chi connectivity index (χ0v) is 12.5. The molecule has 0 amide bonds. The molecule has 0 aliphatic carbocycles. The van der Waals surface area contributed by atoms with Crippen LogP contribution in [0.25, 0.3) is 10.8 Å². The third kappa shape index (κ3) is 4.59. The fourth-order valence-corrected chi connectivity index (χ4v) is 1.35. The van der Waals surface area contributed by atoms with E-state index in [1.807, 2.05) is 24.3 Å². The molecule has 0 aliphatic rings. The molecule has 0 N–H and O–H groups in total. The summed E-state index contributed by atoms with van der Waals surface area (Å²) in [4.78, 5) is 0. The Kier molecular flexibility index (Phi) is 5.97. The summed E-state index contributed by atoms with van der Waals surface area (Å²) < 4.78 is 0. The first kappa shape index (κ1) is 12.9. The van der Waals surface area contributed by atoms with Gasteiger partial charge in [0.15, 0.2) is 0 Å². The Labute approximate surface area is 106 Å². The first-order valence-electron chi connectivity index (χ1n) is 3.74. The van der Waals surface area contributed by atoms with Gasteiger partial charge in [-0.3, -0.25) is 0 Å². The molecule has 0 unspecified atom stereocenters. The summed E-state index contributed by atoms with van der Waals surface area (Å²) in [7, 11) is 15.0. The Morgan fingerprint density at radius 2 is 1.64 bits per heavy atom. The van der Waals surface area contributed by atoms with Crippen LogP contribution in [0.5, 0.6) is 0 Å². The molecule has 0 aliphatic heterocycles. The molecular formula is C9H6Cl4Zr-. The normalized spacial score (nSPS) is 9.43. The SMILES string of the molecule is Clc1cc2ccccc2[cH-]1.[Cl][Zr]([Cl])[Cl]. The van der Waals surface area contributed by atoms with Gasteiger partial charge in [-0.05, 0) is 5.02 Å². The van der Waals surface area contributed by atoms with E-state index in [1.54, 1.807) is 0 Å². The van der Waals surface area contributed by atoms with Crippen molar-refractivity contribution in [1.82, 2.24) is 0 Å². The second-order valence-corrected chi connectivity index (χ2v) is 14.1. The van der Waals surface area contributed by atoms with Crippen LogP contribution in [0.4, 0.5) is 0 Å². The minimum absolute atomic E-state index is 0.821. The van der Waals surface area contributed by atoms with Crippen LogP contribution >= 0.6 is 37.1 Å². The fraction of sp³-hybridized carbons (Fsp3) is 0. The molecule has 0 bridgehead atoms. The predicted molar refractivity (Wildman–Crippen MR) is 62.1 cm³/mol. The molecule has 5 heteroatoms. The van der Waals surface area contributed by atoms with Gasteiger partial charge in [0.25, 0.3) is 0 Å². The van der Waals surface area contributed by atoms with Crippen LogP contribution in [0.1, 0.15) is 0 Å². The molecule has 0 radical (unpaired) electrons. The summed E-state index contributed by atoms with van der Waals surface area (Å²) in [6, 6.07) is 12.1. The van der Waals surface area contributed by atoms with Gasteiger partial charge in [-0.1, -0.05) is 6.07 Å². The third-order valence-corrected chi connectivity index (χ3v) is 1.80. The number of hydrogen-bond donors (Lipinski definition) is 0. The van der Waals surface area contributed by atoms with E-state index >= 15 is 0 Å². The summed E-state index contributed by atoms with van der Waals surface area (Å²) >= 11 is 3.66. The molecule has 0 heterocycles. The Morgan fingerprint density at radius 1 is 1.07 bits per heavy atom. The quantitative estimate of drug-likeness (QED) is 0.569. The van der Waals surface area contributed by atoms with Crippen molar-refractivity contribution in [1.29, 1.82) is 0 Å². The fourth-order valence-electron chi connectivity index (χ4n) is 1.11. The van der Waals surface area contributed by atoms with Crippen LogP contribution in [0.2, 0.25) is 5.02 Å². The number of halogens is 4. The van der Waals surface area contributed by atoms with Crippen LogP contribution in [0, 0.1) is 0 Å². The van der Waals surface area contributed by atoms with E-state index in [-0.39, 0.29) is 0 Å². The Hall–Kier alpha value is 0.873. The van der Waals surface area contributed by atoms with E-state index in [9.17, 15) is 0 Å². The van der Waals surface area contributed by atoms with Gasteiger partial charge < -0.3 is 0 Å². The van der Waals surface area contributed by atoms with E-state index in [4.69, 9.17) is 37.1 Å². The maximum absolute atomic E-state index is 5.78. The van der Waals surface area contributed by atoms with E-state index in [0.717, 1.165) is 5.02 Å². The monoisotopic (exact) mass is 344 g/mol. The van der Waals surface area contributed by atoms with Gasteiger partial charge in [-0.2, -0.15) is 0 Å². The molecule has 0 atom stereocenters. The Morgan fingerprint density at radius 3 is 2.21 bits per heavy atom. The average Bonchev–Trinajstić information content (AvgIpc) is 2.42. The van der Waals surface area contributed by atoms with Crippen LogP contribution in [-0.2, 0) is 18.2 Å². The molecule has 0 spiro atoms. The number of benzene rings is 1. The van der Waals surface area contributed by atoms with E-state index < -0.39 is 18.2 Å². The molecule has 14 heavy (non-hydrogen) atoms. The zero-order valence-electron chi connectivity index (χ0n) is 6.98. The first-order valence-corrected chi connectivity index (χ1v) is 13.6. The van der Waals surface area contributed by atoms with Crippen molar-refractivity contribution < 1.29 is 18.2 Å². The predicted octanol–water partition coefficient (Wildman–Crippen LogP) is 5.28. The van der Waals surface area contributed by atoms with Crippen molar-refractivity contribution in [2.45, 2.75) is 0 Å². The summed E-state index contributed by atoms with van der Waals surface area (Å²) in [5.41, 5.74) is 0. The molecule has 0 fully saturated rings. The van der Waals surface area contributed by atoms with Crippen molar-refractivity contribution in [2.24, 2.45) is 0 Å². The molecular weight excluding hydrogens is 341 g/mol. The molecule has 0 aromatic heterocycles. The molecule has 2 aromatic carbocycles. The van der Waals surface area contributed by atoms with Crippen molar-refractivity contribution in [3.8, 4) is 0 Å². The Balaban J connectivity index is 0.000000213. The van der Waals surface area contributed by atoms with E-state index in [0.29, 0.717) is 0 Å².